The number of fused-ring (bicyclic) bond motifs is 3. The number of carboxylic acid groups (broad SMARTS) is 1. The van der Waals surface area contributed by atoms with Crippen LogP contribution in [-0.4, -0.2) is 52.2 Å². The van der Waals surface area contributed by atoms with Crippen LogP contribution in [0.3, 0.4) is 0 Å². The number of aliphatic hydroxyl groups excluding tert-OH is 1. The molecule has 0 fully saturated rings. The maximum absolute atomic E-state index is 12.3. The van der Waals surface area contributed by atoms with Gasteiger partial charge in [-0.15, -0.1) is 0 Å². The third-order valence-corrected chi connectivity index (χ3v) is 6.57. The maximum atomic E-state index is 12.3. The number of aliphatic hydroxyl groups is 1. The molecule has 0 radical (unpaired) electrons. The second kappa shape index (κ2) is 14.7. The fraction of sp³-hybridized carbons (Fsp3) is 0.206. The molecule has 8 heteroatoms. The van der Waals surface area contributed by atoms with Gasteiger partial charge >= 0.3 is 5.97 Å². The summed E-state index contributed by atoms with van der Waals surface area (Å²) in [5.74, 6) is -0.888. The van der Waals surface area contributed by atoms with Gasteiger partial charge in [-0.25, -0.2) is 9.79 Å². The van der Waals surface area contributed by atoms with E-state index in [0.29, 0.717) is 16.7 Å². The Bertz CT molecular complexity index is 1700. The van der Waals surface area contributed by atoms with E-state index in [1.165, 1.54) is 10.9 Å². The number of carbonyl (C=O) groups is 2. The van der Waals surface area contributed by atoms with Gasteiger partial charge in [-0.1, -0.05) is 85.8 Å². The second-order valence-electron chi connectivity index (χ2n) is 9.88. The summed E-state index contributed by atoms with van der Waals surface area (Å²) in [6.45, 7) is 4.04. The molecule has 3 N–H and O–H groups in total. The third-order valence-electron chi connectivity index (χ3n) is 6.57. The van der Waals surface area contributed by atoms with Gasteiger partial charge in [0.25, 0.3) is 5.91 Å². The number of aromatic nitrogens is 1. The Morgan fingerprint density at radius 1 is 0.905 bits per heavy atom. The van der Waals surface area contributed by atoms with Crippen LogP contribution in [0, 0.1) is 0 Å². The Labute approximate surface area is 244 Å². The lowest BCUT2D eigenvalue weighted by molar-refractivity contribution is -0.147. The quantitative estimate of drug-likeness (QED) is 0.218. The van der Waals surface area contributed by atoms with Gasteiger partial charge in [-0.3, -0.25) is 4.79 Å². The molecule has 42 heavy (non-hydrogen) atoms. The first-order chi connectivity index (χ1) is 20.4. The van der Waals surface area contributed by atoms with E-state index in [-0.39, 0.29) is 12.5 Å². The lowest BCUT2D eigenvalue weighted by Gasteiger charge is -2.15. The summed E-state index contributed by atoms with van der Waals surface area (Å²) in [6, 6.07) is 31.7. The number of H-pyrrole nitrogens is 1. The second-order valence-corrected chi connectivity index (χ2v) is 9.88. The highest BCUT2D eigenvalue weighted by Crippen LogP contribution is 2.27. The minimum absolute atomic E-state index is 0.0909. The Morgan fingerprint density at radius 3 is 2.26 bits per heavy atom. The molecule has 0 bridgehead atoms. The minimum Gasteiger partial charge on any atom is -0.484 e. The lowest BCUT2D eigenvalue weighted by Crippen LogP contribution is -2.18. The zero-order valence-electron chi connectivity index (χ0n) is 23.7. The SMILES string of the molecule is CCCN(C)Cc1cccc2c1[nH]c1cc(=NC(=O)COc3ccccc3)cccc12.O=C(O)C(O)c1ccccc1. The average Bonchev–Trinajstić information content (AvgIpc) is 3.22. The Balaban J connectivity index is 0.000000310. The number of para-hydroxylation sites is 2. The number of hydrogen-bond acceptors (Lipinski definition) is 5. The number of amides is 1. The van der Waals surface area contributed by atoms with Crippen molar-refractivity contribution >= 4 is 33.7 Å². The van der Waals surface area contributed by atoms with Crippen molar-refractivity contribution in [2.24, 2.45) is 4.99 Å². The van der Waals surface area contributed by atoms with Gasteiger partial charge in [-0.2, -0.15) is 0 Å². The molecule has 0 spiro atoms. The van der Waals surface area contributed by atoms with Crippen molar-refractivity contribution in [3.8, 4) is 5.75 Å². The molecule has 5 aromatic rings. The van der Waals surface area contributed by atoms with Crippen molar-refractivity contribution in [1.29, 1.82) is 0 Å². The first-order valence-corrected chi connectivity index (χ1v) is 13.8. The fourth-order valence-corrected chi connectivity index (χ4v) is 4.62. The fourth-order valence-electron chi connectivity index (χ4n) is 4.62. The molecule has 0 aliphatic carbocycles. The van der Waals surface area contributed by atoms with Crippen LogP contribution in [0.25, 0.3) is 21.8 Å². The first-order valence-electron chi connectivity index (χ1n) is 13.8. The summed E-state index contributed by atoms with van der Waals surface area (Å²) >= 11 is 0. The molecule has 0 aliphatic heterocycles. The summed E-state index contributed by atoms with van der Waals surface area (Å²) in [7, 11) is 2.14. The Hall–Kier alpha value is -4.79. The number of rotatable bonds is 9. The molecule has 5 rings (SSSR count). The molecule has 1 amide bonds. The molecular formula is C34H35N3O5. The highest BCUT2D eigenvalue weighted by atomic mass is 16.5. The van der Waals surface area contributed by atoms with Crippen LogP contribution in [0.2, 0.25) is 0 Å². The molecule has 0 aliphatic rings. The zero-order chi connectivity index (χ0) is 29.9. The molecule has 216 valence electrons. The normalized spacial score (nSPS) is 12.1. The van der Waals surface area contributed by atoms with E-state index in [2.05, 4.69) is 53.1 Å². The largest absolute Gasteiger partial charge is 0.484 e. The standard InChI is InChI=1S/C26H27N3O2.C8H8O3/c1-3-15-29(2)17-19-9-7-14-23-22-13-8-10-20(16-24(22)28-26(19)23)27-25(30)18-31-21-11-5-4-6-12-21;9-7(8(10)11)6-4-2-1-3-5-6/h4-14,16,28H,3,15,17-18H2,1-2H3;1-5,7,9H,(H,10,11). The van der Waals surface area contributed by atoms with Crippen LogP contribution in [0.15, 0.2) is 108 Å². The molecule has 0 saturated carbocycles. The van der Waals surface area contributed by atoms with Gasteiger partial charge in [0, 0.05) is 22.8 Å². The van der Waals surface area contributed by atoms with Crippen LogP contribution in [-0.2, 0) is 16.1 Å². The van der Waals surface area contributed by atoms with E-state index < -0.39 is 12.1 Å². The van der Waals surface area contributed by atoms with Crippen molar-refractivity contribution in [1.82, 2.24) is 9.88 Å². The molecule has 1 heterocycles. The lowest BCUT2D eigenvalue weighted by atomic mass is 10.1. The predicted molar refractivity (Wildman–Crippen MR) is 164 cm³/mol. The van der Waals surface area contributed by atoms with Crippen LogP contribution in [0.4, 0.5) is 0 Å². The van der Waals surface area contributed by atoms with Gasteiger partial charge in [0.05, 0.1) is 10.9 Å². The summed E-state index contributed by atoms with van der Waals surface area (Å²) in [4.78, 5) is 32.7. The molecule has 8 nitrogen and oxygen atoms in total. The van der Waals surface area contributed by atoms with E-state index in [4.69, 9.17) is 14.9 Å². The van der Waals surface area contributed by atoms with Crippen molar-refractivity contribution in [2.45, 2.75) is 26.0 Å². The highest BCUT2D eigenvalue weighted by Gasteiger charge is 2.14. The van der Waals surface area contributed by atoms with E-state index in [1.54, 1.807) is 30.3 Å². The number of benzene rings is 3. The minimum atomic E-state index is -1.41. The summed E-state index contributed by atoms with van der Waals surface area (Å²) in [6.07, 6.45) is -0.279. The summed E-state index contributed by atoms with van der Waals surface area (Å²) in [5.41, 5.74) is 3.76. The Kier molecular flexibility index (Phi) is 10.6. The number of aliphatic carboxylic acids is 1. The van der Waals surface area contributed by atoms with Crippen molar-refractivity contribution in [3.63, 3.8) is 0 Å². The van der Waals surface area contributed by atoms with Gasteiger partial charge in [0.15, 0.2) is 12.7 Å². The van der Waals surface area contributed by atoms with Gasteiger partial charge in [0.2, 0.25) is 0 Å². The van der Waals surface area contributed by atoms with E-state index in [9.17, 15) is 9.59 Å². The monoisotopic (exact) mass is 565 g/mol. The number of ether oxygens (including phenoxy) is 1. The van der Waals surface area contributed by atoms with Gasteiger partial charge < -0.3 is 24.8 Å². The number of nitrogens with zero attached hydrogens (tertiary/aromatic N) is 2. The number of nitrogens with one attached hydrogen (secondary N) is 1. The number of carboxylic acids is 1. The molecule has 1 unspecified atom stereocenters. The molecule has 4 aromatic carbocycles. The zero-order valence-corrected chi connectivity index (χ0v) is 23.7. The van der Waals surface area contributed by atoms with Crippen LogP contribution < -0.4 is 10.1 Å². The van der Waals surface area contributed by atoms with Gasteiger partial charge in [0.1, 0.15) is 5.75 Å². The molecule has 1 atom stereocenters. The summed E-state index contributed by atoms with van der Waals surface area (Å²) < 4.78 is 5.52. The maximum Gasteiger partial charge on any atom is 0.337 e. The van der Waals surface area contributed by atoms with Gasteiger partial charge in [-0.05, 0) is 55.4 Å². The first kappa shape index (κ1) is 30.2. The average molecular weight is 566 g/mol. The number of aromatic amines is 1. The molecule has 1 aromatic heterocycles. The van der Waals surface area contributed by atoms with E-state index in [0.717, 1.165) is 35.9 Å². The third kappa shape index (κ3) is 8.13. The number of carbonyl (C=O) groups excluding carboxylic acids is 1. The smallest absolute Gasteiger partial charge is 0.337 e. The van der Waals surface area contributed by atoms with Crippen molar-refractivity contribution in [2.75, 3.05) is 20.2 Å². The topological polar surface area (TPSA) is 115 Å². The number of hydrogen-bond donors (Lipinski definition) is 3. The summed E-state index contributed by atoms with van der Waals surface area (Å²) in [5, 5.41) is 20.3. The predicted octanol–water partition coefficient (Wildman–Crippen LogP) is 5.47. The van der Waals surface area contributed by atoms with Crippen LogP contribution >= 0.6 is 0 Å². The van der Waals surface area contributed by atoms with Crippen LogP contribution in [0.5, 0.6) is 5.75 Å². The van der Waals surface area contributed by atoms with Crippen LogP contribution in [0.1, 0.15) is 30.6 Å². The highest BCUT2D eigenvalue weighted by molar-refractivity contribution is 6.07. The van der Waals surface area contributed by atoms with Crippen molar-refractivity contribution in [3.05, 3.63) is 120 Å². The van der Waals surface area contributed by atoms with Crippen molar-refractivity contribution < 1.29 is 24.5 Å². The Morgan fingerprint density at radius 2 is 1.57 bits per heavy atom. The van der Waals surface area contributed by atoms with E-state index >= 15 is 0 Å². The molecular weight excluding hydrogens is 530 g/mol. The molecule has 0 saturated heterocycles. The van der Waals surface area contributed by atoms with E-state index in [1.807, 2.05) is 48.5 Å².